The van der Waals surface area contributed by atoms with Gasteiger partial charge in [-0.05, 0) is 49.9 Å². The quantitative estimate of drug-likeness (QED) is 0.249. The van der Waals surface area contributed by atoms with Crippen LogP contribution in [0.5, 0.6) is 0 Å². The summed E-state index contributed by atoms with van der Waals surface area (Å²) in [5.74, 6) is -1.57. The zero-order valence-corrected chi connectivity index (χ0v) is 23.8. The van der Waals surface area contributed by atoms with Crippen LogP contribution in [0.3, 0.4) is 0 Å². The van der Waals surface area contributed by atoms with E-state index < -0.39 is 24.6 Å². The van der Waals surface area contributed by atoms with Gasteiger partial charge in [0.1, 0.15) is 5.69 Å². The lowest BCUT2D eigenvalue weighted by Crippen LogP contribution is -2.56. The van der Waals surface area contributed by atoms with Crippen LogP contribution in [0.25, 0.3) is 11.3 Å². The van der Waals surface area contributed by atoms with Gasteiger partial charge < -0.3 is 25.5 Å². The van der Waals surface area contributed by atoms with Crippen LogP contribution < -0.4 is 10.6 Å². The Balaban J connectivity index is 1.49. The lowest BCUT2D eigenvalue weighted by molar-refractivity contribution is -0.144. The molecule has 3 aromatic rings. The van der Waals surface area contributed by atoms with E-state index in [1.807, 2.05) is 70.2 Å². The number of benzene rings is 1. The predicted molar refractivity (Wildman–Crippen MR) is 156 cm³/mol. The minimum Gasteiger partial charge on any atom is -0.426 e. The third kappa shape index (κ3) is 7.39. The number of pyridine rings is 1. The van der Waals surface area contributed by atoms with E-state index in [0.717, 1.165) is 11.1 Å². The molecule has 11 nitrogen and oxygen atoms in total. The molecule has 4 rings (SSSR count). The van der Waals surface area contributed by atoms with Crippen molar-refractivity contribution in [1.82, 2.24) is 25.4 Å². The van der Waals surface area contributed by atoms with Crippen LogP contribution in [-0.2, 0) is 16.1 Å². The number of hydrogen-bond donors (Lipinski definition) is 4. The summed E-state index contributed by atoms with van der Waals surface area (Å²) < 4.78 is 1.67. The molecule has 0 aliphatic carbocycles. The van der Waals surface area contributed by atoms with Crippen molar-refractivity contribution in [2.24, 2.45) is 11.1 Å². The van der Waals surface area contributed by atoms with Crippen LogP contribution >= 0.6 is 0 Å². The van der Waals surface area contributed by atoms with Gasteiger partial charge in [0.15, 0.2) is 0 Å². The van der Waals surface area contributed by atoms with Crippen LogP contribution in [0.1, 0.15) is 62.6 Å². The number of aromatic nitrogens is 3. The Morgan fingerprint density at radius 2 is 1.80 bits per heavy atom. The first-order valence-corrected chi connectivity index (χ1v) is 13.8. The van der Waals surface area contributed by atoms with Gasteiger partial charge in [-0.1, -0.05) is 49.3 Å². The van der Waals surface area contributed by atoms with Crippen LogP contribution in [0.4, 0.5) is 0 Å². The average molecular weight is 560 g/mol. The number of oxime groups is 1. The summed E-state index contributed by atoms with van der Waals surface area (Å²) in [5.41, 5.74) is 1.85. The number of nitrogens with one attached hydrogen (secondary N) is 2. The fourth-order valence-electron chi connectivity index (χ4n) is 4.82. The van der Waals surface area contributed by atoms with Gasteiger partial charge in [-0.2, -0.15) is 5.10 Å². The highest BCUT2D eigenvalue weighted by Gasteiger charge is 2.48. The zero-order valence-electron chi connectivity index (χ0n) is 23.8. The zero-order chi connectivity index (χ0) is 29.6. The van der Waals surface area contributed by atoms with Gasteiger partial charge in [-0.15, -0.1) is 0 Å². The number of hydrogen-bond acceptors (Lipinski definition) is 8. The number of amides is 2. The van der Waals surface area contributed by atoms with Crippen LogP contribution in [-0.4, -0.2) is 67.5 Å². The molecule has 41 heavy (non-hydrogen) atoms. The van der Waals surface area contributed by atoms with Crippen LogP contribution in [0, 0.1) is 5.92 Å². The predicted octanol–water partition coefficient (Wildman–Crippen LogP) is 2.56. The van der Waals surface area contributed by atoms with Gasteiger partial charge in [0.25, 0.3) is 11.8 Å². The second-order valence-electron chi connectivity index (χ2n) is 11.1. The van der Waals surface area contributed by atoms with Crippen molar-refractivity contribution in [3.63, 3.8) is 0 Å². The Bertz CT molecular complexity index is 1360. The highest BCUT2D eigenvalue weighted by molar-refractivity contribution is 6.43. The van der Waals surface area contributed by atoms with Crippen LogP contribution in [0.2, 0.25) is 0 Å². The molecule has 2 amide bonds. The second kappa shape index (κ2) is 13.1. The van der Waals surface area contributed by atoms with E-state index in [4.69, 9.17) is 4.84 Å². The van der Waals surface area contributed by atoms with Crippen molar-refractivity contribution in [1.29, 1.82) is 0 Å². The van der Waals surface area contributed by atoms with Crippen LogP contribution in [0.15, 0.2) is 66.1 Å². The fourth-order valence-corrected chi connectivity index (χ4v) is 4.82. The molecule has 216 valence electrons. The monoisotopic (exact) mass is 560 g/mol. The molecule has 0 fully saturated rings. The molecule has 1 aliphatic heterocycles. The van der Waals surface area contributed by atoms with Crippen molar-refractivity contribution in [2.75, 3.05) is 6.54 Å². The first kappa shape index (κ1) is 29.9. The molecule has 1 aliphatic rings. The highest BCUT2D eigenvalue weighted by atomic mass is 16.7. The lowest BCUT2D eigenvalue weighted by Gasteiger charge is -2.29. The van der Waals surface area contributed by atoms with Gasteiger partial charge in [-0.3, -0.25) is 19.3 Å². The van der Waals surface area contributed by atoms with Crippen molar-refractivity contribution >= 4 is 24.6 Å². The molecule has 0 spiro atoms. The summed E-state index contributed by atoms with van der Waals surface area (Å²) in [6.07, 6.45) is 4.05. The number of carbonyl (C=O) groups is 2. The Morgan fingerprint density at radius 1 is 1.10 bits per heavy atom. The highest BCUT2D eigenvalue weighted by Crippen LogP contribution is 2.29. The summed E-state index contributed by atoms with van der Waals surface area (Å²) in [6, 6.07) is 14.7. The molecule has 0 saturated heterocycles. The minimum absolute atomic E-state index is 0.0543. The summed E-state index contributed by atoms with van der Waals surface area (Å²) in [4.78, 5) is 36.7. The molecule has 2 aromatic heterocycles. The van der Waals surface area contributed by atoms with Crippen molar-refractivity contribution in [3.8, 4) is 11.3 Å². The first-order valence-electron chi connectivity index (χ1n) is 13.8. The normalized spacial score (nSPS) is 17.2. The summed E-state index contributed by atoms with van der Waals surface area (Å²) in [6.45, 7) is 7.82. The topological polar surface area (TPSA) is 151 Å². The van der Waals surface area contributed by atoms with E-state index in [9.17, 15) is 19.6 Å². The Kier molecular flexibility index (Phi) is 9.56. The van der Waals surface area contributed by atoms with E-state index in [1.54, 1.807) is 23.1 Å². The molecule has 4 N–H and O–H groups in total. The van der Waals surface area contributed by atoms with E-state index in [2.05, 4.69) is 25.9 Å². The largest absolute Gasteiger partial charge is 0.475 e. The summed E-state index contributed by atoms with van der Waals surface area (Å²) >= 11 is 0. The molecule has 3 heterocycles. The van der Waals surface area contributed by atoms with Crippen molar-refractivity contribution in [3.05, 3.63) is 72.2 Å². The molecular weight excluding hydrogens is 523 g/mol. The maximum Gasteiger partial charge on any atom is 0.475 e. The summed E-state index contributed by atoms with van der Waals surface area (Å²) in [7, 11) is -1.72. The maximum atomic E-state index is 13.6. The first-order chi connectivity index (χ1) is 19.6. The lowest BCUT2D eigenvalue weighted by atomic mass is 9.74. The molecule has 0 bridgehead atoms. The minimum atomic E-state index is -1.72. The Morgan fingerprint density at radius 3 is 2.44 bits per heavy atom. The Hall–Kier alpha value is -4.03. The van der Waals surface area contributed by atoms with Gasteiger partial charge in [0.2, 0.25) is 5.60 Å². The molecule has 0 saturated carbocycles. The van der Waals surface area contributed by atoms with Gasteiger partial charge in [-0.25, -0.2) is 0 Å². The number of carbonyl (C=O) groups excluding carboxylic acids is 2. The standard InChI is InChI=1S/C29H37BN6O5/c1-19(2)14-26(30(39)40)33-28(38)29(16-21-8-6-5-7-9-21)17-23(35-41-29)18-32-27(37)25-15-24(34-36(25)20(3)4)22-10-12-31-13-11-22/h5-13,15,19-20,26,39-40H,14,16-18H2,1-4H3,(H,32,37)(H,33,38)/t26-,29?/m0/s1. The number of nitrogens with zero attached hydrogens (tertiary/aromatic N) is 4. The van der Waals surface area contributed by atoms with E-state index >= 15 is 0 Å². The van der Waals surface area contributed by atoms with E-state index in [0.29, 0.717) is 23.5 Å². The van der Waals surface area contributed by atoms with Gasteiger partial charge in [0, 0.05) is 36.8 Å². The van der Waals surface area contributed by atoms with Gasteiger partial charge in [0.05, 0.1) is 23.9 Å². The Labute approximate surface area is 240 Å². The molecule has 12 heteroatoms. The number of rotatable bonds is 12. The molecule has 1 unspecified atom stereocenters. The smallest absolute Gasteiger partial charge is 0.426 e. The fraction of sp³-hybridized carbons (Fsp3) is 0.414. The maximum absolute atomic E-state index is 13.6. The van der Waals surface area contributed by atoms with Gasteiger partial charge >= 0.3 is 7.12 Å². The summed E-state index contributed by atoms with van der Waals surface area (Å²) in [5, 5.41) is 34.2. The molecule has 1 aromatic carbocycles. The third-order valence-electron chi connectivity index (χ3n) is 6.87. The average Bonchev–Trinajstić information content (AvgIpc) is 3.58. The van der Waals surface area contributed by atoms with E-state index in [1.165, 1.54) is 0 Å². The van der Waals surface area contributed by atoms with E-state index in [-0.39, 0.29) is 37.3 Å². The third-order valence-corrected chi connectivity index (χ3v) is 6.87. The van der Waals surface area contributed by atoms with Crippen molar-refractivity contribution < 1.29 is 24.5 Å². The van der Waals surface area contributed by atoms with Crippen molar-refractivity contribution in [2.45, 2.75) is 64.5 Å². The SMILES string of the molecule is CC(C)C[C@H](NC(=O)C1(Cc2ccccc2)CC(CNC(=O)c2cc(-c3ccncc3)nn2C(C)C)=NO1)B(O)O. The second-order valence-corrected chi connectivity index (χ2v) is 11.1. The molecular formula is C29H37BN6O5. The molecule has 0 radical (unpaired) electrons. The molecule has 2 atom stereocenters.